The van der Waals surface area contributed by atoms with Gasteiger partial charge in [0.2, 0.25) is 5.91 Å². The molecule has 0 saturated carbocycles. The van der Waals surface area contributed by atoms with Crippen LogP contribution in [0, 0.1) is 13.8 Å². The average molecular weight is 385 g/mol. The van der Waals surface area contributed by atoms with Crippen molar-refractivity contribution in [2.24, 2.45) is 0 Å². The molecule has 1 aliphatic heterocycles. The molecule has 0 atom stereocenters. The molecule has 3 rings (SSSR count). The fourth-order valence-corrected chi connectivity index (χ4v) is 4.18. The number of anilines is 1. The molecule has 0 aliphatic carbocycles. The largest absolute Gasteiger partial charge is 0.497 e. The van der Waals surface area contributed by atoms with E-state index in [2.05, 4.69) is 49.1 Å². The summed E-state index contributed by atoms with van der Waals surface area (Å²) in [7, 11) is 1.69. The number of aryl methyl sites for hydroxylation is 2. The van der Waals surface area contributed by atoms with Gasteiger partial charge in [0.25, 0.3) is 0 Å². The molecule has 4 nitrogen and oxygen atoms in total. The number of thioether (sulfide) groups is 1. The second-order valence-electron chi connectivity index (χ2n) is 6.91. The topological polar surface area (TPSA) is 32.8 Å². The molecular formula is C22H28N2O2S. The fourth-order valence-electron chi connectivity index (χ4n) is 3.24. The van der Waals surface area contributed by atoms with Gasteiger partial charge in [-0.25, -0.2) is 0 Å². The number of rotatable bonds is 6. The van der Waals surface area contributed by atoms with Crippen LogP contribution in [-0.4, -0.2) is 49.8 Å². The SMILES string of the molecule is COc1cccc(N2CCN(C(=O)CCSc3ccc(C)c(C)c3)CC2)c1. The fraction of sp³-hybridized carbons (Fsp3) is 0.409. The van der Waals surface area contributed by atoms with E-state index in [0.29, 0.717) is 6.42 Å². The lowest BCUT2D eigenvalue weighted by molar-refractivity contribution is -0.131. The minimum atomic E-state index is 0.261. The molecule has 1 aliphatic rings. The Balaban J connectivity index is 1.44. The van der Waals surface area contributed by atoms with Gasteiger partial charge in [0.1, 0.15) is 5.75 Å². The van der Waals surface area contributed by atoms with Crippen molar-refractivity contribution in [1.29, 1.82) is 0 Å². The summed E-state index contributed by atoms with van der Waals surface area (Å²) in [5, 5.41) is 0. The van der Waals surface area contributed by atoms with E-state index < -0.39 is 0 Å². The molecule has 5 heteroatoms. The highest BCUT2D eigenvalue weighted by Gasteiger charge is 2.21. The summed E-state index contributed by atoms with van der Waals surface area (Å²) in [5.41, 5.74) is 3.77. The van der Waals surface area contributed by atoms with Gasteiger partial charge in [0, 0.05) is 55.0 Å². The number of carbonyl (C=O) groups is 1. The van der Waals surface area contributed by atoms with E-state index in [1.165, 1.54) is 16.0 Å². The highest BCUT2D eigenvalue weighted by molar-refractivity contribution is 7.99. The molecule has 144 valence electrons. The summed E-state index contributed by atoms with van der Waals surface area (Å²) in [6.07, 6.45) is 0.594. The van der Waals surface area contributed by atoms with Gasteiger partial charge in [0.15, 0.2) is 0 Å². The quantitative estimate of drug-likeness (QED) is 0.701. The highest BCUT2D eigenvalue weighted by Crippen LogP contribution is 2.24. The maximum Gasteiger partial charge on any atom is 0.223 e. The normalized spacial score (nSPS) is 14.3. The molecule has 1 fully saturated rings. The van der Waals surface area contributed by atoms with Crippen molar-refractivity contribution in [3.8, 4) is 5.75 Å². The Morgan fingerprint density at radius 1 is 1.04 bits per heavy atom. The minimum absolute atomic E-state index is 0.261. The van der Waals surface area contributed by atoms with E-state index in [4.69, 9.17) is 4.74 Å². The Morgan fingerprint density at radius 3 is 2.52 bits per heavy atom. The van der Waals surface area contributed by atoms with E-state index >= 15 is 0 Å². The Labute approximate surface area is 166 Å². The number of benzene rings is 2. The molecule has 0 N–H and O–H groups in total. The maximum atomic E-state index is 12.5. The molecule has 0 bridgehead atoms. The zero-order valence-electron chi connectivity index (χ0n) is 16.4. The first-order chi connectivity index (χ1) is 13.1. The first-order valence-electron chi connectivity index (χ1n) is 9.43. The Bertz CT molecular complexity index is 786. The van der Waals surface area contributed by atoms with Crippen LogP contribution < -0.4 is 9.64 Å². The van der Waals surface area contributed by atoms with Crippen LogP contribution in [0.2, 0.25) is 0 Å². The lowest BCUT2D eigenvalue weighted by Crippen LogP contribution is -2.48. The minimum Gasteiger partial charge on any atom is -0.497 e. The van der Waals surface area contributed by atoms with Crippen molar-refractivity contribution in [1.82, 2.24) is 4.90 Å². The summed E-state index contributed by atoms with van der Waals surface area (Å²) >= 11 is 1.77. The van der Waals surface area contributed by atoms with E-state index in [-0.39, 0.29) is 5.91 Å². The van der Waals surface area contributed by atoms with Crippen LogP contribution in [-0.2, 0) is 4.79 Å². The van der Waals surface area contributed by atoms with E-state index in [0.717, 1.165) is 43.4 Å². The third-order valence-electron chi connectivity index (χ3n) is 5.11. The van der Waals surface area contributed by atoms with Crippen LogP contribution in [0.3, 0.4) is 0 Å². The van der Waals surface area contributed by atoms with Crippen LogP contribution in [0.15, 0.2) is 47.4 Å². The number of piperazine rings is 1. The molecule has 27 heavy (non-hydrogen) atoms. The average Bonchev–Trinajstić information content (AvgIpc) is 2.70. The second-order valence-corrected chi connectivity index (χ2v) is 8.08. The number of amides is 1. The predicted molar refractivity (Wildman–Crippen MR) is 113 cm³/mol. The second kappa shape index (κ2) is 9.18. The first kappa shape index (κ1) is 19.6. The number of hydrogen-bond donors (Lipinski definition) is 0. The number of hydrogen-bond acceptors (Lipinski definition) is 4. The molecule has 1 amide bonds. The van der Waals surface area contributed by atoms with Gasteiger partial charge in [-0.2, -0.15) is 0 Å². The van der Waals surface area contributed by atoms with Gasteiger partial charge in [-0.1, -0.05) is 12.1 Å². The standard InChI is InChI=1S/C22H28N2O2S/c1-17-7-8-21(15-18(17)2)27-14-9-22(25)24-12-10-23(11-13-24)19-5-4-6-20(16-19)26-3/h4-8,15-16H,9-14H2,1-3H3. The number of nitrogens with zero attached hydrogens (tertiary/aromatic N) is 2. The zero-order valence-corrected chi connectivity index (χ0v) is 17.2. The van der Waals surface area contributed by atoms with Crippen molar-refractivity contribution in [2.75, 3.05) is 43.9 Å². The molecule has 1 heterocycles. The monoisotopic (exact) mass is 384 g/mol. The summed E-state index contributed by atoms with van der Waals surface area (Å²) in [6.45, 7) is 7.55. The van der Waals surface area contributed by atoms with Crippen LogP contribution in [0.1, 0.15) is 17.5 Å². The van der Waals surface area contributed by atoms with E-state index in [1.807, 2.05) is 17.0 Å². The third-order valence-corrected chi connectivity index (χ3v) is 6.11. The molecule has 2 aromatic carbocycles. The molecular weight excluding hydrogens is 356 g/mol. The summed E-state index contributed by atoms with van der Waals surface area (Å²) in [4.78, 5) is 18.1. The summed E-state index contributed by atoms with van der Waals surface area (Å²) < 4.78 is 5.31. The van der Waals surface area contributed by atoms with Gasteiger partial charge in [-0.3, -0.25) is 4.79 Å². The smallest absolute Gasteiger partial charge is 0.223 e. The van der Waals surface area contributed by atoms with Crippen LogP contribution in [0.5, 0.6) is 5.75 Å². The number of methoxy groups -OCH3 is 1. The lowest BCUT2D eigenvalue weighted by atomic mass is 10.1. The summed E-state index contributed by atoms with van der Waals surface area (Å²) in [6, 6.07) is 14.6. The van der Waals surface area contributed by atoms with E-state index in [1.54, 1.807) is 18.9 Å². The number of carbonyl (C=O) groups excluding carboxylic acids is 1. The zero-order chi connectivity index (χ0) is 19.2. The van der Waals surface area contributed by atoms with Crippen molar-refractivity contribution in [3.05, 3.63) is 53.6 Å². The summed E-state index contributed by atoms with van der Waals surface area (Å²) in [5.74, 6) is 1.96. The van der Waals surface area contributed by atoms with Crippen molar-refractivity contribution in [3.63, 3.8) is 0 Å². The Morgan fingerprint density at radius 2 is 1.81 bits per heavy atom. The van der Waals surface area contributed by atoms with Crippen LogP contribution >= 0.6 is 11.8 Å². The maximum absolute atomic E-state index is 12.5. The van der Waals surface area contributed by atoms with Gasteiger partial charge >= 0.3 is 0 Å². The van der Waals surface area contributed by atoms with Gasteiger partial charge < -0.3 is 14.5 Å². The van der Waals surface area contributed by atoms with Gasteiger partial charge in [-0.05, 0) is 49.2 Å². The Hall–Kier alpha value is -2.14. The van der Waals surface area contributed by atoms with Crippen LogP contribution in [0.25, 0.3) is 0 Å². The highest BCUT2D eigenvalue weighted by atomic mass is 32.2. The molecule has 0 aromatic heterocycles. The first-order valence-corrected chi connectivity index (χ1v) is 10.4. The molecule has 0 unspecified atom stereocenters. The van der Waals surface area contributed by atoms with Crippen LogP contribution in [0.4, 0.5) is 5.69 Å². The Kier molecular flexibility index (Phi) is 6.67. The van der Waals surface area contributed by atoms with Crippen molar-refractivity contribution >= 4 is 23.4 Å². The van der Waals surface area contributed by atoms with E-state index in [9.17, 15) is 4.79 Å². The number of ether oxygens (including phenoxy) is 1. The molecule has 0 spiro atoms. The van der Waals surface area contributed by atoms with Gasteiger partial charge in [0.05, 0.1) is 7.11 Å². The lowest BCUT2D eigenvalue weighted by Gasteiger charge is -2.36. The molecule has 0 radical (unpaired) electrons. The molecule has 2 aromatic rings. The van der Waals surface area contributed by atoms with Crippen molar-refractivity contribution in [2.45, 2.75) is 25.2 Å². The molecule has 1 saturated heterocycles. The third kappa shape index (κ3) is 5.19. The predicted octanol–water partition coefficient (Wildman–Crippen LogP) is 4.14. The van der Waals surface area contributed by atoms with Gasteiger partial charge in [-0.15, -0.1) is 11.8 Å². The van der Waals surface area contributed by atoms with Crippen molar-refractivity contribution < 1.29 is 9.53 Å².